The lowest BCUT2D eigenvalue weighted by Crippen LogP contribution is -1.98. The molecule has 0 aliphatic heterocycles. The van der Waals surface area contributed by atoms with E-state index in [0.717, 1.165) is 5.69 Å². The van der Waals surface area contributed by atoms with Gasteiger partial charge >= 0.3 is 0 Å². The van der Waals surface area contributed by atoms with Crippen LogP contribution in [0.15, 0.2) is 42.5 Å². The number of nitrogens with two attached hydrogens (primary N) is 1. The van der Waals surface area contributed by atoms with E-state index in [1.165, 1.54) is 17.7 Å². The quantitative estimate of drug-likeness (QED) is 0.791. The van der Waals surface area contributed by atoms with Crippen molar-refractivity contribution in [2.24, 2.45) is 0 Å². The molecule has 0 aliphatic rings. The molecule has 0 atom stereocenters. The van der Waals surface area contributed by atoms with Crippen LogP contribution in [-0.4, -0.2) is 0 Å². The van der Waals surface area contributed by atoms with Gasteiger partial charge in [-0.1, -0.05) is 26.0 Å². The lowest BCUT2D eigenvalue weighted by atomic mass is 10.0. The Morgan fingerprint density at radius 2 is 1.89 bits per heavy atom. The molecule has 2 aromatic rings. The van der Waals surface area contributed by atoms with E-state index in [-0.39, 0.29) is 5.82 Å². The fraction of sp³-hybridized carbons (Fsp3) is 0.200. The first-order chi connectivity index (χ1) is 8.56. The number of anilines is 3. The van der Waals surface area contributed by atoms with Gasteiger partial charge in [0, 0.05) is 5.69 Å². The van der Waals surface area contributed by atoms with E-state index in [9.17, 15) is 4.39 Å². The molecule has 0 radical (unpaired) electrons. The third-order valence-corrected chi connectivity index (χ3v) is 2.85. The third-order valence-electron chi connectivity index (χ3n) is 2.85. The first kappa shape index (κ1) is 12.4. The van der Waals surface area contributed by atoms with Gasteiger partial charge in [-0.2, -0.15) is 0 Å². The maximum Gasteiger partial charge on any atom is 0.125 e. The largest absolute Gasteiger partial charge is 0.397 e. The average molecular weight is 244 g/mol. The summed E-state index contributed by atoms with van der Waals surface area (Å²) in [5.41, 5.74) is 9.08. The molecular weight excluding hydrogens is 227 g/mol. The monoisotopic (exact) mass is 244 g/mol. The Kier molecular flexibility index (Phi) is 3.51. The molecule has 0 unspecified atom stereocenters. The molecule has 2 aromatic carbocycles. The van der Waals surface area contributed by atoms with E-state index < -0.39 is 0 Å². The zero-order valence-electron chi connectivity index (χ0n) is 10.6. The third kappa shape index (κ3) is 2.80. The zero-order chi connectivity index (χ0) is 13.1. The second kappa shape index (κ2) is 5.08. The van der Waals surface area contributed by atoms with Crippen molar-refractivity contribution in [1.82, 2.24) is 0 Å². The molecule has 3 N–H and O–H groups in total. The highest BCUT2D eigenvalue weighted by Crippen LogP contribution is 2.26. The van der Waals surface area contributed by atoms with Crippen LogP contribution in [0.2, 0.25) is 0 Å². The summed E-state index contributed by atoms with van der Waals surface area (Å²) in [5, 5.41) is 3.14. The minimum atomic E-state index is -0.299. The van der Waals surface area contributed by atoms with E-state index in [4.69, 9.17) is 5.73 Å². The molecule has 94 valence electrons. The molecule has 0 bridgehead atoms. The van der Waals surface area contributed by atoms with Crippen LogP contribution in [0.4, 0.5) is 21.5 Å². The summed E-state index contributed by atoms with van der Waals surface area (Å²) < 4.78 is 13.2. The van der Waals surface area contributed by atoms with Gasteiger partial charge in [0.15, 0.2) is 0 Å². The average Bonchev–Trinajstić information content (AvgIpc) is 2.34. The SMILES string of the molecule is CC(C)c1cccc(Nc2cc(F)ccc2N)c1. The summed E-state index contributed by atoms with van der Waals surface area (Å²) in [4.78, 5) is 0. The highest BCUT2D eigenvalue weighted by atomic mass is 19.1. The Bertz CT molecular complexity index is 550. The molecule has 0 saturated heterocycles. The van der Waals surface area contributed by atoms with Crippen molar-refractivity contribution in [3.8, 4) is 0 Å². The number of benzene rings is 2. The van der Waals surface area contributed by atoms with Gasteiger partial charge in [0.1, 0.15) is 5.82 Å². The van der Waals surface area contributed by atoms with Crippen LogP contribution in [0.5, 0.6) is 0 Å². The molecule has 0 heterocycles. The minimum absolute atomic E-state index is 0.299. The molecule has 0 saturated carbocycles. The van der Waals surface area contributed by atoms with Crippen LogP contribution >= 0.6 is 0 Å². The standard InChI is InChI=1S/C15H17FN2/c1-10(2)11-4-3-5-13(8-11)18-15-9-12(16)6-7-14(15)17/h3-10,18H,17H2,1-2H3. The zero-order valence-corrected chi connectivity index (χ0v) is 10.6. The maximum atomic E-state index is 13.2. The molecule has 18 heavy (non-hydrogen) atoms. The molecule has 2 rings (SSSR count). The fourth-order valence-electron chi connectivity index (χ4n) is 1.77. The van der Waals surface area contributed by atoms with E-state index in [2.05, 4.69) is 31.3 Å². The Hall–Kier alpha value is -2.03. The highest BCUT2D eigenvalue weighted by molar-refractivity contribution is 5.72. The van der Waals surface area contributed by atoms with Crippen molar-refractivity contribution in [2.45, 2.75) is 19.8 Å². The summed E-state index contributed by atoms with van der Waals surface area (Å²) in [6.45, 7) is 4.27. The highest BCUT2D eigenvalue weighted by Gasteiger charge is 2.04. The van der Waals surface area contributed by atoms with Gasteiger partial charge < -0.3 is 11.1 Å². The lowest BCUT2D eigenvalue weighted by molar-refractivity contribution is 0.628. The number of nitrogen functional groups attached to an aromatic ring is 1. The predicted octanol–water partition coefficient (Wildman–Crippen LogP) is 4.27. The first-order valence-electron chi connectivity index (χ1n) is 5.98. The predicted molar refractivity (Wildman–Crippen MR) is 74.6 cm³/mol. The minimum Gasteiger partial charge on any atom is -0.397 e. The van der Waals surface area contributed by atoms with Crippen LogP contribution in [-0.2, 0) is 0 Å². The molecule has 0 spiro atoms. The van der Waals surface area contributed by atoms with E-state index >= 15 is 0 Å². The molecule has 0 fully saturated rings. The Balaban J connectivity index is 2.28. The number of hydrogen-bond acceptors (Lipinski definition) is 2. The molecular formula is C15H17FN2. The van der Waals surface area contributed by atoms with Gasteiger partial charge in [-0.3, -0.25) is 0 Å². The lowest BCUT2D eigenvalue weighted by Gasteiger charge is -2.12. The topological polar surface area (TPSA) is 38.0 Å². The van der Waals surface area contributed by atoms with Crippen molar-refractivity contribution in [3.05, 3.63) is 53.8 Å². The fourth-order valence-corrected chi connectivity index (χ4v) is 1.77. The van der Waals surface area contributed by atoms with Crippen LogP contribution in [0.3, 0.4) is 0 Å². The van der Waals surface area contributed by atoms with E-state index in [1.807, 2.05) is 12.1 Å². The second-order valence-electron chi connectivity index (χ2n) is 4.64. The number of rotatable bonds is 3. The summed E-state index contributed by atoms with van der Waals surface area (Å²) in [6, 6.07) is 12.4. The van der Waals surface area contributed by atoms with Crippen molar-refractivity contribution in [2.75, 3.05) is 11.1 Å². The van der Waals surface area contributed by atoms with Crippen LogP contribution in [0.1, 0.15) is 25.3 Å². The van der Waals surface area contributed by atoms with Crippen molar-refractivity contribution in [1.29, 1.82) is 0 Å². The molecule has 0 aliphatic carbocycles. The van der Waals surface area contributed by atoms with Gasteiger partial charge in [-0.05, 0) is 41.8 Å². The summed E-state index contributed by atoms with van der Waals surface area (Å²) >= 11 is 0. The van der Waals surface area contributed by atoms with E-state index in [0.29, 0.717) is 17.3 Å². The van der Waals surface area contributed by atoms with Crippen molar-refractivity contribution in [3.63, 3.8) is 0 Å². The van der Waals surface area contributed by atoms with Crippen molar-refractivity contribution >= 4 is 17.1 Å². The van der Waals surface area contributed by atoms with Gasteiger partial charge in [-0.25, -0.2) is 4.39 Å². The van der Waals surface area contributed by atoms with Crippen LogP contribution < -0.4 is 11.1 Å². The van der Waals surface area contributed by atoms with Gasteiger partial charge in [0.25, 0.3) is 0 Å². The normalized spacial score (nSPS) is 10.7. The second-order valence-corrected chi connectivity index (χ2v) is 4.64. The molecule has 0 aromatic heterocycles. The number of halogens is 1. The Morgan fingerprint density at radius 3 is 2.61 bits per heavy atom. The van der Waals surface area contributed by atoms with Crippen LogP contribution in [0.25, 0.3) is 0 Å². The van der Waals surface area contributed by atoms with Gasteiger partial charge in [0.05, 0.1) is 11.4 Å². The van der Waals surface area contributed by atoms with Crippen molar-refractivity contribution < 1.29 is 4.39 Å². The molecule has 3 heteroatoms. The van der Waals surface area contributed by atoms with E-state index in [1.54, 1.807) is 6.07 Å². The van der Waals surface area contributed by atoms with Crippen LogP contribution in [0, 0.1) is 5.82 Å². The Morgan fingerprint density at radius 1 is 1.11 bits per heavy atom. The number of hydrogen-bond donors (Lipinski definition) is 2. The molecule has 0 amide bonds. The number of nitrogens with one attached hydrogen (secondary N) is 1. The smallest absolute Gasteiger partial charge is 0.125 e. The maximum absolute atomic E-state index is 13.2. The molecule has 2 nitrogen and oxygen atoms in total. The Labute approximate surface area is 107 Å². The summed E-state index contributed by atoms with van der Waals surface area (Å²) in [7, 11) is 0. The van der Waals surface area contributed by atoms with Gasteiger partial charge in [0.2, 0.25) is 0 Å². The summed E-state index contributed by atoms with van der Waals surface area (Å²) in [6.07, 6.45) is 0. The summed E-state index contributed by atoms with van der Waals surface area (Å²) in [5.74, 6) is 0.156. The first-order valence-corrected chi connectivity index (χ1v) is 5.98. The van der Waals surface area contributed by atoms with Gasteiger partial charge in [-0.15, -0.1) is 0 Å².